The Morgan fingerprint density at radius 3 is 2.97 bits per heavy atom. The molecular weight excluding hydrogens is 425 g/mol. The molecule has 9 heteroatoms. The van der Waals surface area contributed by atoms with Gasteiger partial charge in [-0.3, -0.25) is 4.79 Å². The zero-order valence-corrected chi connectivity index (χ0v) is 17.9. The van der Waals surface area contributed by atoms with Crippen LogP contribution in [0.5, 0.6) is 5.75 Å². The van der Waals surface area contributed by atoms with Crippen LogP contribution in [0.4, 0.5) is 10.4 Å². The Hall–Kier alpha value is -2.84. The van der Waals surface area contributed by atoms with Gasteiger partial charge in [-0.05, 0) is 42.7 Å². The number of benzene rings is 2. The molecule has 0 spiro atoms. The van der Waals surface area contributed by atoms with Gasteiger partial charge in [0.2, 0.25) is 0 Å². The molecule has 7 nitrogen and oxygen atoms in total. The Morgan fingerprint density at radius 1 is 1.42 bits per heavy atom. The summed E-state index contributed by atoms with van der Waals surface area (Å²) in [5.41, 5.74) is 1.63. The van der Waals surface area contributed by atoms with E-state index in [9.17, 15) is 14.3 Å². The summed E-state index contributed by atoms with van der Waals surface area (Å²) in [6, 6.07) is 7.74. The second-order valence-corrected chi connectivity index (χ2v) is 8.16. The number of hydrogen-bond acceptors (Lipinski definition) is 6. The fraction of sp³-hybridized carbons (Fsp3) is 0.364. The number of carbonyl (C=O) groups excluding carboxylic acids is 1. The molecule has 0 aliphatic carbocycles. The number of nitrogens with zero attached hydrogens (tertiary/aromatic N) is 2. The molecule has 4 rings (SSSR count). The molecule has 164 valence electrons. The first-order valence-electron chi connectivity index (χ1n) is 9.99. The van der Waals surface area contributed by atoms with Crippen molar-refractivity contribution in [3.63, 3.8) is 0 Å². The Morgan fingerprint density at radius 2 is 2.23 bits per heavy atom. The number of ether oxygens (including phenoxy) is 1. The van der Waals surface area contributed by atoms with Crippen LogP contribution in [0.1, 0.15) is 29.3 Å². The predicted molar refractivity (Wildman–Crippen MR) is 115 cm³/mol. The van der Waals surface area contributed by atoms with E-state index in [4.69, 9.17) is 20.8 Å². The average Bonchev–Trinajstić information content (AvgIpc) is 3.18. The number of halogens is 2. The van der Waals surface area contributed by atoms with Gasteiger partial charge in [0, 0.05) is 35.8 Å². The fourth-order valence-electron chi connectivity index (χ4n) is 3.70. The number of methoxy groups -OCH3 is 1. The molecule has 31 heavy (non-hydrogen) atoms. The lowest BCUT2D eigenvalue weighted by molar-refractivity contribution is 0.0297. The number of rotatable bonds is 5. The Kier molecular flexibility index (Phi) is 6.02. The van der Waals surface area contributed by atoms with Crippen LogP contribution in [-0.4, -0.2) is 47.2 Å². The standard InChI is InChI=1S/C22H23ClFN3O4/c1-12-11-27(6-5-18(12)28)21(29)13-8-17-20(19(9-13)30-2)31-22(26-17)25-10-14-7-15(23)3-4-16(14)24/h3-4,7-9,12,18,28H,5-6,10-11H2,1-2H3,(H,25,26). The zero-order valence-electron chi connectivity index (χ0n) is 17.2. The number of nitrogens with one attached hydrogen (secondary N) is 1. The molecule has 0 saturated carbocycles. The summed E-state index contributed by atoms with van der Waals surface area (Å²) in [7, 11) is 1.49. The highest BCUT2D eigenvalue weighted by Gasteiger charge is 2.28. The van der Waals surface area contributed by atoms with Gasteiger partial charge in [-0.2, -0.15) is 4.98 Å². The minimum absolute atomic E-state index is 0.0121. The molecule has 2 unspecified atom stereocenters. The van der Waals surface area contributed by atoms with E-state index >= 15 is 0 Å². The number of aliphatic hydroxyl groups excluding tert-OH is 1. The van der Waals surface area contributed by atoms with Crippen LogP contribution >= 0.6 is 11.6 Å². The molecule has 1 fully saturated rings. The predicted octanol–water partition coefficient (Wildman–Crippen LogP) is 4.08. The molecule has 2 atom stereocenters. The average molecular weight is 448 g/mol. The van der Waals surface area contributed by atoms with Gasteiger partial charge in [0.15, 0.2) is 11.3 Å². The van der Waals surface area contributed by atoms with E-state index in [1.807, 2.05) is 6.92 Å². The summed E-state index contributed by atoms with van der Waals surface area (Å²) in [5, 5.41) is 13.3. The molecule has 3 aromatic rings. The number of aliphatic hydroxyl groups is 1. The highest BCUT2D eigenvalue weighted by molar-refractivity contribution is 6.30. The fourth-order valence-corrected chi connectivity index (χ4v) is 3.90. The quantitative estimate of drug-likeness (QED) is 0.612. The van der Waals surface area contributed by atoms with Crippen molar-refractivity contribution < 1.29 is 23.4 Å². The number of likely N-dealkylation sites (tertiary alicyclic amines) is 1. The first-order valence-corrected chi connectivity index (χ1v) is 10.4. The van der Waals surface area contributed by atoms with E-state index in [1.54, 1.807) is 17.0 Å². The summed E-state index contributed by atoms with van der Waals surface area (Å²) >= 11 is 5.93. The SMILES string of the molecule is COc1cc(C(=O)N2CCC(O)C(C)C2)cc2nc(NCc3cc(Cl)ccc3F)oc12. The normalized spacial score (nSPS) is 18.9. The number of amides is 1. The first kappa shape index (κ1) is 21.4. The minimum atomic E-state index is -0.394. The van der Waals surface area contributed by atoms with Crippen molar-refractivity contribution in [1.82, 2.24) is 9.88 Å². The summed E-state index contributed by atoms with van der Waals surface area (Å²) in [6.45, 7) is 3.02. The van der Waals surface area contributed by atoms with Gasteiger partial charge in [-0.25, -0.2) is 4.39 Å². The van der Waals surface area contributed by atoms with Gasteiger partial charge < -0.3 is 24.5 Å². The van der Waals surface area contributed by atoms with Crippen LogP contribution < -0.4 is 10.1 Å². The molecular formula is C22H23ClFN3O4. The van der Waals surface area contributed by atoms with E-state index in [2.05, 4.69) is 10.3 Å². The van der Waals surface area contributed by atoms with Gasteiger partial charge in [-0.1, -0.05) is 18.5 Å². The summed E-state index contributed by atoms with van der Waals surface area (Å²) in [6.07, 6.45) is 0.152. The minimum Gasteiger partial charge on any atom is -0.493 e. The number of carbonyl (C=O) groups is 1. The second-order valence-electron chi connectivity index (χ2n) is 7.72. The van der Waals surface area contributed by atoms with Crippen LogP contribution in [0.25, 0.3) is 11.1 Å². The lowest BCUT2D eigenvalue weighted by Crippen LogP contribution is -2.44. The third-order valence-electron chi connectivity index (χ3n) is 5.51. The van der Waals surface area contributed by atoms with Crippen molar-refractivity contribution in [2.75, 3.05) is 25.5 Å². The van der Waals surface area contributed by atoms with Crippen molar-refractivity contribution in [2.24, 2.45) is 5.92 Å². The maximum atomic E-state index is 13.9. The monoisotopic (exact) mass is 447 g/mol. The Balaban J connectivity index is 1.57. The Labute approximate surface area is 183 Å². The molecule has 1 aliphatic rings. The number of oxazole rings is 1. The maximum absolute atomic E-state index is 13.9. The number of anilines is 1. The van der Waals surface area contributed by atoms with E-state index in [-0.39, 0.29) is 30.2 Å². The zero-order chi connectivity index (χ0) is 22.1. The largest absolute Gasteiger partial charge is 0.493 e. The lowest BCUT2D eigenvalue weighted by atomic mass is 9.96. The van der Waals surface area contributed by atoms with Gasteiger partial charge in [0.05, 0.1) is 13.2 Å². The molecule has 1 aliphatic heterocycles. The van der Waals surface area contributed by atoms with Gasteiger partial charge in [-0.15, -0.1) is 0 Å². The van der Waals surface area contributed by atoms with Gasteiger partial charge in [0.25, 0.3) is 11.9 Å². The molecule has 1 amide bonds. The van der Waals surface area contributed by atoms with Crippen molar-refractivity contribution >= 4 is 34.6 Å². The second kappa shape index (κ2) is 8.72. The third-order valence-corrected chi connectivity index (χ3v) is 5.74. The number of fused-ring (bicyclic) bond motifs is 1. The molecule has 2 N–H and O–H groups in total. The van der Waals surface area contributed by atoms with E-state index in [1.165, 1.54) is 25.3 Å². The molecule has 1 aromatic heterocycles. The lowest BCUT2D eigenvalue weighted by Gasteiger charge is -2.34. The van der Waals surface area contributed by atoms with Crippen molar-refractivity contribution in [3.8, 4) is 5.75 Å². The van der Waals surface area contributed by atoms with Crippen LogP contribution in [0, 0.1) is 11.7 Å². The van der Waals surface area contributed by atoms with E-state index < -0.39 is 6.10 Å². The molecule has 1 saturated heterocycles. The Bertz CT molecular complexity index is 1120. The summed E-state index contributed by atoms with van der Waals surface area (Å²) < 4.78 is 25.1. The number of aromatic nitrogens is 1. The number of piperidine rings is 1. The molecule has 0 bridgehead atoms. The molecule has 0 radical (unpaired) electrons. The topological polar surface area (TPSA) is 87.8 Å². The first-order chi connectivity index (χ1) is 14.9. The molecule has 2 heterocycles. The van der Waals surface area contributed by atoms with E-state index in [0.717, 1.165) is 0 Å². The van der Waals surface area contributed by atoms with Crippen molar-refractivity contribution in [1.29, 1.82) is 0 Å². The van der Waals surface area contributed by atoms with Crippen molar-refractivity contribution in [2.45, 2.75) is 26.0 Å². The van der Waals surface area contributed by atoms with Crippen LogP contribution in [0.15, 0.2) is 34.7 Å². The highest BCUT2D eigenvalue weighted by Crippen LogP contribution is 2.31. The maximum Gasteiger partial charge on any atom is 0.296 e. The van der Waals surface area contributed by atoms with Gasteiger partial charge >= 0.3 is 0 Å². The highest BCUT2D eigenvalue weighted by atomic mass is 35.5. The smallest absolute Gasteiger partial charge is 0.296 e. The summed E-state index contributed by atoms with van der Waals surface area (Å²) in [4.78, 5) is 19.1. The van der Waals surface area contributed by atoms with Crippen LogP contribution in [-0.2, 0) is 6.54 Å². The van der Waals surface area contributed by atoms with Crippen molar-refractivity contribution in [3.05, 3.63) is 52.3 Å². The third kappa shape index (κ3) is 4.45. The van der Waals surface area contributed by atoms with E-state index in [0.29, 0.717) is 52.5 Å². The molecule has 2 aromatic carbocycles. The van der Waals surface area contributed by atoms with Crippen LogP contribution in [0.2, 0.25) is 5.02 Å². The summed E-state index contributed by atoms with van der Waals surface area (Å²) in [5.74, 6) is -0.157. The number of hydrogen-bond donors (Lipinski definition) is 2. The van der Waals surface area contributed by atoms with Crippen LogP contribution in [0.3, 0.4) is 0 Å². The van der Waals surface area contributed by atoms with Gasteiger partial charge in [0.1, 0.15) is 11.3 Å².